The first-order valence-electron chi connectivity index (χ1n) is 11.3. The van der Waals surface area contributed by atoms with Crippen LogP contribution in [0.25, 0.3) is 11.0 Å². The van der Waals surface area contributed by atoms with Crippen LogP contribution in [0.15, 0.2) is 71.5 Å². The summed E-state index contributed by atoms with van der Waals surface area (Å²) in [6, 6.07) is 21.5. The number of aryl methyl sites for hydroxylation is 2. The van der Waals surface area contributed by atoms with E-state index in [1.165, 1.54) is 5.56 Å². The number of hydrogen-bond acceptors (Lipinski definition) is 5. The molecule has 0 fully saturated rings. The molecule has 4 aromatic rings. The van der Waals surface area contributed by atoms with E-state index in [-0.39, 0.29) is 12.3 Å². The molecule has 0 spiro atoms. The van der Waals surface area contributed by atoms with Gasteiger partial charge >= 0.3 is 5.69 Å². The summed E-state index contributed by atoms with van der Waals surface area (Å²) in [5.41, 5.74) is 4.67. The van der Waals surface area contributed by atoms with Gasteiger partial charge in [-0.15, -0.1) is 0 Å². The molecule has 2 N–H and O–H groups in total. The predicted molar refractivity (Wildman–Crippen MR) is 133 cm³/mol. The molecule has 7 heteroatoms. The molecule has 0 aliphatic carbocycles. The summed E-state index contributed by atoms with van der Waals surface area (Å²) >= 11 is 0. The molecule has 1 heterocycles. The number of fused-ring (bicyclic) bond motifs is 1. The number of nitrogens with one attached hydrogen (secondary N) is 1. The van der Waals surface area contributed by atoms with Gasteiger partial charge in [0.15, 0.2) is 0 Å². The van der Waals surface area contributed by atoms with Crippen LogP contribution in [0.2, 0.25) is 0 Å². The second-order valence-electron chi connectivity index (χ2n) is 8.39. The Bertz CT molecular complexity index is 1290. The molecule has 0 aliphatic rings. The zero-order valence-corrected chi connectivity index (χ0v) is 19.8. The van der Waals surface area contributed by atoms with Crippen LogP contribution in [0, 0.1) is 0 Å². The minimum absolute atomic E-state index is 0.0896. The largest absolute Gasteiger partial charge is 0.497 e. The van der Waals surface area contributed by atoms with Crippen LogP contribution >= 0.6 is 0 Å². The van der Waals surface area contributed by atoms with Gasteiger partial charge in [-0.3, -0.25) is 9.13 Å². The molecule has 3 aromatic carbocycles. The van der Waals surface area contributed by atoms with Crippen LogP contribution in [-0.2, 0) is 27.1 Å². The number of hydrogen-bond donors (Lipinski definition) is 2. The zero-order chi connectivity index (χ0) is 24.1. The molecule has 7 nitrogen and oxygen atoms in total. The van der Waals surface area contributed by atoms with Crippen molar-refractivity contribution < 1.29 is 14.6 Å². The summed E-state index contributed by atoms with van der Waals surface area (Å²) in [5.74, 6) is 1.57. The van der Waals surface area contributed by atoms with Crippen molar-refractivity contribution in [3.63, 3.8) is 0 Å². The monoisotopic (exact) mass is 461 g/mol. The summed E-state index contributed by atoms with van der Waals surface area (Å²) in [7, 11) is 5.14. The smallest absolute Gasteiger partial charge is 0.328 e. The van der Waals surface area contributed by atoms with Crippen LogP contribution in [0.3, 0.4) is 0 Å². The van der Waals surface area contributed by atoms with Gasteiger partial charge in [-0.1, -0.05) is 30.3 Å². The Morgan fingerprint density at radius 3 is 2.24 bits per heavy atom. The van der Waals surface area contributed by atoms with E-state index in [0.29, 0.717) is 11.3 Å². The third-order valence-electron chi connectivity index (χ3n) is 6.09. The lowest BCUT2D eigenvalue weighted by atomic mass is 10.1. The van der Waals surface area contributed by atoms with Gasteiger partial charge in [0.2, 0.25) is 0 Å². The summed E-state index contributed by atoms with van der Waals surface area (Å²) < 4.78 is 14.2. The van der Waals surface area contributed by atoms with Crippen LogP contribution in [0.5, 0.6) is 11.5 Å². The fourth-order valence-corrected chi connectivity index (χ4v) is 3.96. The van der Waals surface area contributed by atoms with Crippen molar-refractivity contribution in [2.24, 2.45) is 14.1 Å². The minimum Gasteiger partial charge on any atom is -0.497 e. The van der Waals surface area contributed by atoms with Gasteiger partial charge in [0.1, 0.15) is 24.2 Å². The lowest BCUT2D eigenvalue weighted by Gasteiger charge is -2.14. The van der Waals surface area contributed by atoms with Gasteiger partial charge in [-0.25, -0.2) is 4.79 Å². The number of aromatic nitrogens is 2. The molecule has 0 aliphatic heterocycles. The number of benzene rings is 3. The summed E-state index contributed by atoms with van der Waals surface area (Å²) in [5, 5.41) is 14.0. The normalized spacial score (nSPS) is 12.1. The highest BCUT2D eigenvalue weighted by molar-refractivity contribution is 5.77. The lowest BCUT2D eigenvalue weighted by molar-refractivity contribution is 0.108. The quantitative estimate of drug-likeness (QED) is 0.354. The average molecular weight is 462 g/mol. The molecular weight excluding hydrogens is 430 g/mol. The maximum Gasteiger partial charge on any atom is 0.328 e. The molecule has 178 valence electrons. The zero-order valence-electron chi connectivity index (χ0n) is 19.8. The first kappa shape index (κ1) is 23.6. The van der Waals surface area contributed by atoms with Crippen molar-refractivity contribution >= 4 is 11.0 Å². The first-order chi connectivity index (χ1) is 16.5. The molecule has 0 radical (unpaired) electrons. The number of nitrogens with zero attached hydrogens (tertiary/aromatic N) is 2. The molecule has 0 amide bonds. The number of aliphatic hydroxyl groups is 1. The highest BCUT2D eigenvalue weighted by atomic mass is 16.5. The van der Waals surface area contributed by atoms with E-state index in [9.17, 15) is 9.90 Å². The summed E-state index contributed by atoms with van der Waals surface area (Å²) in [6.07, 6.45) is 0.158. The maximum atomic E-state index is 12.1. The third kappa shape index (κ3) is 5.32. The standard InChI is InChI=1S/C27H31N3O4/c1-29-24-13-8-21(16-25(24)30(2)27(29)32)26(31)18-34-23-11-6-20(7-12-23)17-28-15-14-19-4-9-22(33-3)10-5-19/h4-13,16,26,28,31H,14-15,17-18H2,1-3H3/t26-/m0/s1. The van der Waals surface area contributed by atoms with Crippen molar-refractivity contribution in [3.05, 3.63) is 93.9 Å². The van der Waals surface area contributed by atoms with Crippen LogP contribution in [0.1, 0.15) is 22.8 Å². The van der Waals surface area contributed by atoms with Gasteiger partial charge in [-0.05, 0) is 66.1 Å². The molecule has 0 saturated carbocycles. The average Bonchev–Trinajstić information content (AvgIpc) is 3.09. The Morgan fingerprint density at radius 2 is 1.53 bits per heavy atom. The van der Waals surface area contributed by atoms with Crippen molar-refractivity contribution in [2.75, 3.05) is 20.3 Å². The van der Waals surface area contributed by atoms with Gasteiger partial charge in [0.05, 0.1) is 18.1 Å². The van der Waals surface area contributed by atoms with E-state index in [1.54, 1.807) is 30.3 Å². The lowest BCUT2D eigenvalue weighted by Crippen LogP contribution is -2.19. The van der Waals surface area contributed by atoms with Gasteiger partial charge in [0.25, 0.3) is 0 Å². The Morgan fingerprint density at radius 1 is 0.882 bits per heavy atom. The van der Waals surface area contributed by atoms with Gasteiger partial charge in [0, 0.05) is 20.6 Å². The molecule has 4 rings (SSSR count). The van der Waals surface area contributed by atoms with Crippen molar-refractivity contribution in [2.45, 2.75) is 19.1 Å². The van der Waals surface area contributed by atoms with Crippen molar-refractivity contribution in [1.29, 1.82) is 0 Å². The molecule has 0 saturated heterocycles. The second kappa shape index (κ2) is 10.6. The van der Waals surface area contributed by atoms with Gasteiger partial charge in [-0.2, -0.15) is 0 Å². The van der Waals surface area contributed by atoms with E-state index in [0.717, 1.165) is 41.9 Å². The highest BCUT2D eigenvalue weighted by Gasteiger charge is 2.13. The maximum absolute atomic E-state index is 12.1. The van der Waals surface area contributed by atoms with E-state index in [2.05, 4.69) is 17.4 Å². The van der Waals surface area contributed by atoms with Gasteiger partial charge < -0.3 is 19.9 Å². The third-order valence-corrected chi connectivity index (χ3v) is 6.09. The molecule has 1 atom stereocenters. The highest BCUT2D eigenvalue weighted by Crippen LogP contribution is 2.21. The van der Waals surface area contributed by atoms with E-state index in [4.69, 9.17) is 9.47 Å². The number of ether oxygens (including phenoxy) is 2. The molecular formula is C27H31N3O4. The summed E-state index contributed by atoms with van der Waals surface area (Å²) in [6.45, 7) is 1.79. The van der Waals surface area contributed by atoms with E-state index >= 15 is 0 Å². The first-order valence-corrected chi connectivity index (χ1v) is 11.3. The Labute approximate surface area is 199 Å². The van der Waals surface area contributed by atoms with Crippen LogP contribution in [0.4, 0.5) is 0 Å². The number of rotatable bonds is 10. The molecule has 0 bridgehead atoms. The summed E-state index contributed by atoms with van der Waals surface area (Å²) in [4.78, 5) is 12.1. The van der Waals surface area contributed by atoms with E-state index < -0.39 is 6.10 Å². The van der Waals surface area contributed by atoms with Crippen molar-refractivity contribution in [1.82, 2.24) is 14.5 Å². The number of aliphatic hydroxyl groups excluding tert-OH is 1. The van der Waals surface area contributed by atoms with Crippen LogP contribution in [-0.4, -0.2) is 34.5 Å². The Hall–Kier alpha value is -3.55. The SMILES string of the molecule is COc1ccc(CCNCc2ccc(OC[C@H](O)c3ccc4c(c3)n(C)c(=O)n4C)cc2)cc1. The predicted octanol–water partition coefficient (Wildman–Crippen LogP) is 3.33. The van der Waals surface area contributed by atoms with Crippen molar-refractivity contribution in [3.8, 4) is 11.5 Å². The Kier molecular flexibility index (Phi) is 7.35. The molecule has 34 heavy (non-hydrogen) atoms. The molecule has 1 aromatic heterocycles. The Balaban J connectivity index is 1.25. The number of methoxy groups -OCH3 is 1. The fourth-order valence-electron chi connectivity index (χ4n) is 3.96. The van der Waals surface area contributed by atoms with E-state index in [1.807, 2.05) is 54.6 Å². The second-order valence-corrected chi connectivity index (χ2v) is 8.39. The fraction of sp³-hybridized carbons (Fsp3) is 0.296. The van der Waals surface area contributed by atoms with Crippen LogP contribution < -0.4 is 20.5 Å². The molecule has 0 unspecified atom stereocenters. The topological polar surface area (TPSA) is 77.7 Å². The minimum atomic E-state index is -0.793. The number of imidazole rings is 1.